The molecule has 0 amide bonds. The van der Waals surface area contributed by atoms with Crippen molar-refractivity contribution in [1.82, 2.24) is 9.55 Å². The van der Waals surface area contributed by atoms with Gasteiger partial charge in [-0.1, -0.05) is 19.4 Å². The molecule has 2 rings (SSSR count). The normalized spacial score (nSPS) is 12.3. The van der Waals surface area contributed by atoms with Crippen LogP contribution in [0.2, 0.25) is 0 Å². The maximum absolute atomic E-state index is 10.9. The zero-order valence-corrected chi connectivity index (χ0v) is 10.7. The molecule has 0 aliphatic carbocycles. The van der Waals surface area contributed by atoms with E-state index in [-0.39, 0.29) is 17.4 Å². The first kappa shape index (κ1) is 13.1. The number of nitro benzene ring substituents is 1. The molecule has 0 bridgehead atoms. The van der Waals surface area contributed by atoms with Gasteiger partial charge in [0.2, 0.25) is 0 Å². The third kappa shape index (κ3) is 2.73. The van der Waals surface area contributed by atoms with Gasteiger partial charge in [-0.15, -0.1) is 0 Å². The lowest BCUT2D eigenvalue weighted by molar-refractivity contribution is -0.384. The first-order valence-electron chi connectivity index (χ1n) is 6.14. The highest BCUT2D eigenvalue weighted by Crippen LogP contribution is 2.29. The number of nitro groups is 1. The van der Waals surface area contributed by atoms with Gasteiger partial charge in [0.05, 0.1) is 17.3 Å². The Hall–Kier alpha value is -2.37. The summed E-state index contributed by atoms with van der Waals surface area (Å²) in [6.07, 6.45) is 7.15. The minimum atomic E-state index is -0.449. The number of benzene rings is 1. The number of nitrogens with zero attached hydrogens (tertiary/aromatic N) is 3. The lowest BCUT2D eigenvalue weighted by Crippen LogP contribution is -2.09. The molecule has 19 heavy (non-hydrogen) atoms. The van der Waals surface area contributed by atoms with Gasteiger partial charge >= 0.3 is 0 Å². The molecule has 1 aromatic heterocycles. The van der Waals surface area contributed by atoms with Crippen molar-refractivity contribution in [3.8, 4) is 0 Å². The van der Waals surface area contributed by atoms with E-state index in [1.807, 2.05) is 16.8 Å². The second-order valence-electron chi connectivity index (χ2n) is 4.39. The maximum atomic E-state index is 10.9. The van der Waals surface area contributed by atoms with Crippen LogP contribution in [0.25, 0.3) is 0 Å². The molecule has 0 spiro atoms. The van der Waals surface area contributed by atoms with Gasteiger partial charge in [0.15, 0.2) is 0 Å². The Bertz CT molecular complexity index is 566. The van der Waals surface area contributed by atoms with E-state index in [1.54, 1.807) is 24.7 Å². The Morgan fingerprint density at radius 3 is 2.89 bits per heavy atom. The van der Waals surface area contributed by atoms with E-state index >= 15 is 0 Å². The van der Waals surface area contributed by atoms with Crippen molar-refractivity contribution in [2.45, 2.75) is 25.8 Å². The zero-order valence-electron chi connectivity index (χ0n) is 10.7. The molecule has 0 aliphatic heterocycles. The molecular weight excluding hydrogens is 244 g/mol. The topological polar surface area (TPSA) is 87.0 Å². The molecule has 0 aliphatic rings. The lowest BCUT2D eigenvalue weighted by Gasteiger charge is -2.18. The van der Waals surface area contributed by atoms with E-state index in [2.05, 4.69) is 11.9 Å². The largest absolute Gasteiger partial charge is 0.393 e. The van der Waals surface area contributed by atoms with Gasteiger partial charge in [0, 0.05) is 18.5 Å². The Labute approximate surface area is 111 Å². The molecule has 0 saturated heterocycles. The Balaban J connectivity index is 2.42. The van der Waals surface area contributed by atoms with Crippen LogP contribution in [0, 0.1) is 10.1 Å². The van der Waals surface area contributed by atoms with Crippen molar-refractivity contribution in [3.05, 3.63) is 52.6 Å². The van der Waals surface area contributed by atoms with Crippen molar-refractivity contribution in [2.24, 2.45) is 0 Å². The molecule has 1 atom stereocenters. The van der Waals surface area contributed by atoms with E-state index in [9.17, 15) is 10.1 Å². The number of anilines is 1. The summed E-state index contributed by atoms with van der Waals surface area (Å²) in [6.45, 7) is 2.08. The lowest BCUT2D eigenvalue weighted by atomic mass is 10.0. The predicted molar refractivity (Wildman–Crippen MR) is 72.8 cm³/mol. The number of nitrogen functional groups attached to an aromatic ring is 1. The third-order valence-electron chi connectivity index (χ3n) is 3.08. The van der Waals surface area contributed by atoms with Crippen molar-refractivity contribution < 1.29 is 4.92 Å². The van der Waals surface area contributed by atoms with E-state index in [4.69, 9.17) is 5.73 Å². The summed E-state index contributed by atoms with van der Waals surface area (Å²) in [4.78, 5) is 14.5. The fraction of sp³-hybridized carbons (Fsp3) is 0.308. The van der Waals surface area contributed by atoms with Gasteiger partial charge in [-0.05, 0) is 18.1 Å². The molecule has 0 radical (unpaired) electrons. The van der Waals surface area contributed by atoms with Gasteiger partial charge in [0.25, 0.3) is 5.69 Å². The first-order chi connectivity index (χ1) is 9.13. The molecule has 1 unspecified atom stereocenters. The van der Waals surface area contributed by atoms with Crippen LogP contribution in [0.4, 0.5) is 11.4 Å². The Morgan fingerprint density at radius 2 is 2.32 bits per heavy atom. The minimum Gasteiger partial charge on any atom is -0.393 e. The number of hydrogen-bond donors (Lipinski definition) is 1. The highest BCUT2D eigenvalue weighted by atomic mass is 16.6. The summed E-state index contributed by atoms with van der Waals surface area (Å²) >= 11 is 0. The quantitative estimate of drug-likeness (QED) is 0.508. The van der Waals surface area contributed by atoms with Gasteiger partial charge < -0.3 is 10.3 Å². The van der Waals surface area contributed by atoms with Gasteiger partial charge in [-0.25, -0.2) is 4.98 Å². The number of imidazole rings is 1. The van der Waals surface area contributed by atoms with Crippen LogP contribution in [0.3, 0.4) is 0 Å². The summed E-state index contributed by atoms with van der Waals surface area (Å²) in [7, 11) is 0. The van der Waals surface area contributed by atoms with Crippen molar-refractivity contribution in [3.63, 3.8) is 0 Å². The van der Waals surface area contributed by atoms with Crippen LogP contribution in [0.5, 0.6) is 0 Å². The van der Waals surface area contributed by atoms with Crippen LogP contribution in [0.15, 0.2) is 36.9 Å². The standard InChI is InChI=1S/C13H16N4O2/c1-2-3-12(16-7-6-15-9-16)10-4-5-11(14)13(8-10)17(18)19/h4-9,12H,2-3,14H2,1H3. The molecule has 0 fully saturated rings. The Morgan fingerprint density at radius 1 is 1.53 bits per heavy atom. The molecular formula is C13H16N4O2. The van der Waals surface area contributed by atoms with Gasteiger partial charge in [-0.2, -0.15) is 0 Å². The maximum Gasteiger partial charge on any atom is 0.292 e. The summed E-state index contributed by atoms with van der Waals surface area (Å²) in [5.41, 5.74) is 6.64. The molecule has 6 heteroatoms. The second-order valence-corrected chi connectivity index (χ2v) is 4.39. The molecule has 6 nitrogen and oxygen atoms in total. The average Bonchev–Trinajstić information content (AvgIpc) is 2.90. The van der Waals surface area contributed by atoms with Crippen LogP contribution < -0.4 is 5.73 Å². The number of nitrogens with two attached hydrogens (primary N) is 1. The highest BCUT2D eigenvalue weighted by molar-refractivity contribution is 5.59. The summed E-state index contributed by atoms with van der Waals surface area (Å²) < 4.78 is 1.96. The number of rotatable bonds is 5. The summed E-state index contributed by atoms with van der Waals surface area (Å²) in [6, 6.07) is 5.03. The van der Waals surface area contributed by atoms with Gasteiger partial charge in [0.1, 0.15) is 5.69 Å². The molecule has 2 N–H and O–H groups in total. The van der Waals surface area contributed by atoms with Crippen LogP contribution in [-0.4, -0.2) is 14.5 Å². The molecule has 0 saturated carbocycles. The molecule has 2 aromatic rings. The predicted octanol–water partition coefficient (Wildman–Crippen LogP) is 2.76. The fourth-order valence-corrected chi connectivity index (χ4v) is 2.14. The molecule has 1 heterocycles. The Kier molecular flexibility index (Phi) is 3.79. The van der Waals surface area contributed by atoms with Crippen LogP contribution in [0.1, 0.15) is 31.4 Å². The van der Waals surface area contributed by atoms with E-state index < -0.39 is 4.92 Å². The highest BCUT2D eigenvalue weighted by Gasteiger charge is 2.18. The monoisotopic (exact) mass is 260 g/mol. The van der Waals surface area contributed by atoms with Gasteiger partial charge in [-0.3, -0.25) is 10.1 Å². The molecule has 100 valence electrons. The van der Waals surface area contributed by atoms with E-state index in [0.29, 0.717) is 0 Å². The summed E-state index contributed by atoms with van der Waals surface area (Å²) in [5, 5.41) is 10.9. The fourth-order valence-electron chi connectivity index (χ4n) is 2.14. The van der Waals surface area contributed by atoms with Crippen molar-refractivity contribution in [1.29, 1.82) is 0 Å². The zero-order chi connectivity index (χ0) is 13.8. The number of hydrogen-bond acceptors (Lipinski definition) is 4. The summed E-state index contributed by atoms with van der Waals surface area (Å²) in [5.74, 6) is 0. The van der Waals surface area contributed by atoms with Crippen molar-refractivity contribution >= 4 is 11.4 Å². The van der Waals surface area contributed by atoms with Crippen molar-refractivity contribution in [2.75, 3.05) is 5.73 Å². The smallest absolute Gasteiger partial charge is 0.292 e. The molecule has 1 aromatic carbocycles. The van der Waals surface area contributed by atoms with Crippen LogP contribution >= 0.6 is 0 Å². The second kappa shape index (κ2) is 5.51. The minimum absolute atomic E-state index is 0.0429. The first-order valence-corrected chi connectivity index (χ1v) is 6.14. The average molecular weight is 260 g/mol. The SMILES string of the molecule is CCCC(c1ccc(N)c([N+](=O)[O-])c1)n1ccnc1. The third-order valence-corrected chi connectivity index (χ3v) is 3.08. The van der Waals surface area contributed by atoms with Crippen LogP contribution in [-0.2, 0) is 0 Å². The van der Waals surface area contributed by atoms with E-state index in [1.165, 1.54) is 0 Å². The number of aromatic nitrogens is 2. The van der Waals surface area contributed by atoms with E-state index in [0.717, 1.165) is 18.4 Å².